The van der Waals surface area contributed by atoms with Gasteiger partial charge in [0.15, 0.2) is 0 Å². The maximum atomic E-state index is 13.3. The average Bonchev–Trinajstić information content (AvgIpc) is 3.24. The first kappa shape index (κ1) is 21.8. The number of non-ortho nitro benzene ring substituents is 1. The predicted octanol–water partition coefficient (Wildman–Crippen LogP) is 5.68. The second kappa shape index (κ2) is 8.97. The van der Waals surface area contributed by atoms with Crippen LogP contribution in [0.2, 0.25) is 0 Å². The van der Waals surface area contributed by atoms with Crippen LogP contribution >= 0.6 is 11.8 Å². The van der Waals surface area contributed by atoms with Gasteiger partial charge >= 0.3 is 0 Å². The molecule has 4 rings (SSSR count). The Bertz CT molecular complexity index is 1350. The van der Waals surface area contributed by atoms with Gasteiger partial charge in [0.1, 0.15) is 0 Å². The summed E-state index contributed by atoms with van der Waals surface area (Å²) in [5.74, 6) is 0.573. The number of aryl methyl sites for hydroxylation is 1. The maximum absolute atomic E-state index is 13.3. The molecule has 4 aromatic rings. The van der Waals surface area contributed by atoms with Gasteiger partial charge in [0.25, 0.3) is 5.69 Å². The van der Waals surface area contributed by atoms with Crippen LogP contribution in [0.4, 0.5) is 5.69 Å². The van der Waals surface area contributed by atoms with E-state index < -0.39 is 14.8 Å². The largest absolute Gasteiger partial charge is 0.428 e. The molecule has 0 saturated heterocycles. The standard InChI is InChI=1S/C23H18N2O5S2/c1-16-7-11-18(12-8-16)21-24-22(32(28,29)20-5-3-2-4-6-20)23(30-21)31-15-17-9-13-19(14-10-17)25(26)27/h2-14H,15H2,1H3. The Balaban J connectivity index is 1.71. The van der Waals surface area contributed by atoms with E-state index in [1.54, 1.807) is 30.3 Å². The first-order chi connectivity index (χ1) is 15.3. The molecule has 0 fully saturated rings. The number of nitrogens with zero attached hydrogens (tertiary/aromatic N) is 2. The van der Waals surface area contributed by atoms with Crippen LogP contribution in [0, 0.1) is 17.0 Å². The van der Waals surface area contributed by atoms with Gasteiger partial charge in [-0.25, -0.2) is 8.42 Å². The molecule has 0 N–H and O–H groups in total. The Morgan fingerprint density at radius 2 is 1.62 bits per heavy atom. The van der Waals surface area contributed by atoms with Crippen LogP contribution in [0.3, 0.4) is 0 Å². The highest BCUT2D eigenvalue weighted by Crippen LogP contribution is 2.36. The zero-order valence-electron chi connectivity index (χ0n) is 17.0. The SMILES string of the molecule is Cc1ccc(-c2nc(S(=O)(=O)c3ccccc3)c(SCc3ccc([N+](=O)[O-])cc3)o2)cc1. The van der Waals surface area contributed by atoms with Crippen molar-refractivity contribution in [1.82, 2.24) is 4.98 Å². The van der Waals surface area contributed by atoms with Gasteiger partial charge < -0.3 is 4.42 Å². The van der Waals surface area contributed by atoms with E-state index in [-0.39, 0.29) is 26.6 Å². The first-order valence-electron chi connectivity index (χ1n) is 9.59. The van der Waals surface area contributed by atoms with Crippen molar-refractivity contribution in [2.75, 3.05) is 0 Å². The fourth-order valence-corrected chi connectivity index (χ4v) is 5.45. The summed E-state index contributed by atoms with van der Waals surface area (Å²) >= 11 is 1.18. The van der Waals surface area contributed by atoms with E-state index in [9.17, 15) is 18.5 Å². The molecule has 162 valence electrons. The third kappa shape index (κ3) is 4.58. The summed E-state index contributed by atoms with van der Waals surface area (Å²) < 4.78 is 32.4. The minimum Gasteiger partial charge on any atom is -0.428 e. The summed E-state index contributed by atoms with van der Waals surface area (Å²) in [5.41, 5.74) is 2.51. The molecule has 0 aliphatic heterocycles. The van der Waals surface area contributed by atoms with E-state index in [0.717, 1.165) is 11.1 Å². The summed E-state index contributed by atoms with van der Waals surface area (Å²) in [4.78, 5) is 14.9. The summed E-state index contributed by atoms with van der Waals surface area (Å²) in [6.07, 6.45) is 0. The number of nitro benzene ring substituents is 1. The fraction of sp³-hybridized carbons (Fsp3) is 0.0870. The van der Waals surface area contributed by atoms with Gasteiger partial charge in [-0.1, -0.05) is 59.8 Å². The van der Waals surface area contributed by atoms with Gasteiger partial charge in [0.05, 0.1) is 9.82 Å². The first-order valence-corrected chi connectivity index (χ1v) is 12.1. The van der Waals surface area contributed by atoms with Crippen molar-refractivity contribution in [3.8, 4) is 11.5 Å². The molecule has 7 nitrogen and oxygen atoms in total. The topological polar surface area (TPSA) is 103 Å². The van der Waals surface area contributed by atoms with Crippen LogP contribution in [0.15, 0.2) is 98.3 Å². The zero-order chi connectivity index (χ0) is 22.7. The van der Waals surface area contributed by atoms with E-state index >= 15 is 0 Å². The van der Waals surface area contributed by atoms with E-state index in [2.05, 4.69) is 4.98 Å². The molecule has 0 amide bonds. The number of aromatic nitrogens is 1. The fourth-order valence-electron chi connectivity index (χ4n) is 2.95. The molecule has 1 aromatic heterocycles. The van der Waals surface area contributed by atoms with Crippen LogP contribution in [0.5, 0.6) is 0 Å². The van der Waals surface area contributed by atoms with Gasteiger partial charge in [0, 0.05) is 23.4 Å². The van der Waals surface area contributed by atoms with Crippen LogP contribution in [-0.2, 0) is 15.6 Å². The third-order valence-corrected chi connectivity index (χ3v) is 7.52. The number of thioether (sulfide) groups is 1. The summed E-state index contributed by atoms with van der Waals surface area (Å²) in [7, 11) is -3.90. The van der Waals surface area contributed by atoms with E-state index in [1.165, 1.54) is 36.0 Å². The van der Waals surface area contributed by atoms with E-state index in [4.69, 9.17) is 4.42 Å². The Kier molecular flexibility index (Phi) is 6.11. The number of hydrogen-bond donors (Lipinski definition) is 0. The molecule has 0 aliphatic carbocycles. The van der Waals surface area contributed by atoms with Crippen molar-refractivity contribution in [1.29, 1.82) is 0 Å². The van der Waals surface area contributed by atoms with Crippen LogP contribution in [0.1, 0.15) is 11.1 Å². The lowest BCUT2D eigenvalue weighted by molar-refractivity contribution is -0.384. The molecule has 1 heterocycles. The Morgan fingerprint density at radius 1 is 0.969 bits per heavy atom. The highest BCUT2D eigenvalue weighted by atomic mass is 32.2. The number of benzene rings is 3. The number of nitro groups is 1. The molecule has 0 unspecified atom stereocenters. The number of sulfone groups is 1. The van der Waals surface area contributed by atoms with Crippen molar-refractivity contribution in [3.63, 3.8) is 0 Å². The van der Waals surface area contributed by atoms with Crippen molar-refractivity contribution in [2.24, 2.45) is 0 Å². The van der Waals surface area contributed by atoms with Crippen LogP contribution in [-0.4, -0.2) is 18.3 Å². The van der Waals surface area contributed by atoms with Crippen molar-refractivity contribution in [3.05, 3.63) is 100 Å². The molecular weight excluding hydrogens is 448 g/mol. The van der Waals surface area contributed by atoms with Crippen LogP contribution in [0.25, 0.3) is 11.5 Å². The molecule has 9 heteroatoms. The number of hydrogen-bond acceptors (Lipinski definition) is 7. The van der Waals surface area contributed by atoms with E-state index in [1.807, 2.05) is 31.2 Å². The Morgan fingerprint density at radius 3 is 2.25 bits per heavy atom. The summed E-state index contributed by atoms with van der Waals surface area (Å²) in [6.45, 7) is 1.95. The monoisotopic (exact) mass is 466 g/mol. The molecule has 32 heavy (non-hydrogen) atoms. The van der Waals surface area contributed by atoms with Crippen LogP contribution < -0.4 is 0 Å². The minimum atomic E-state index is -3.90. The van der Waals surface area contributed by atoms with Crippen molar-refractivity contribution >= 4 is 27.3 Å². The predicted molar refractivity (Wildman–Crippen MR) is 121 cm³/mol. The lowest BCUT2D eigenvalue weighted by atomic mass is 10.1. The van der Waals surface area contributed by atoms with Gasteiger partial charge in [-0.15, -0.1) is 0 Å². The number of rotatable bonds is 7. The highest BCUT2D eigenvalue weighted by Gasteiger charge is 2.28. The van der Waals surface area contributed by atoms with E-state index in [0.29, 0.717) is 11.3 Å². The van der Waals surface area contributed by atoms with Crippen molar-refractivity contribution in [2.45, 2.75) is 27.7 Å². The third-order valence-electron chi connectivity index (χ3n) is 4.69. The molecule has 0 radical (unpaired) electrons. The molecule has 3 aromatic carbocycles. The molecule has 0 aliphatic rings. The lowest BCUT2D eigenvalue weighted by Crippen LogP contribution is -2.03. The molecule has 0 saturated carbocycles. The normalized spacial score (nSPS) is 11.4. The smallest absolute Gasteiger partial charge is 0.269 e. The Hall–Kier alpha value is -3.43. The highest BCUT2D eigenvalue weighted by molar-refractivity contribution is 7.99. The number of oxazole rings is 1. The van der Waals surface area contributed by atoms with Gasteiger partial charge in [0.2, 0.25) is 25.8 Å². The molecule has 0 bridgehead atoms. The summed E-state index contributed by atoms with van der Waals surface area (Å²) in [5, 5.41) is 10.9. The average molecular weight is 467 g/mol. The quantitative estimate of drug-likeness (QED) is 0.196. The second-order valence-corrected chi connectivity index (χ2v) is 9.82. The van der Waals surface area contributed by atoms with Gasteiger partial charge in [-0.3, -0.25) is 10.1 Å². The Labute approximate surface area is 189 Å². The minimum absolute atomic E-state index is 0.00702. The molecule has 0 spiro atoms. The molecule has 0 atom stereocenters. The summed E-state index contributed by atoms with van der Waals surface area (Å²) in [6, 6.07) is 21.6. The van der Waals surface area contributed by atoms with Gasteiger partial charge in [-0.05, 0) is 36.8 Å². The van der Waals surface area contributed by atoms with Crippen molar-refractivity contribution < 1.29 is 17.8 Å². The zero-order valence-corrected chi connectivity index (χ0v) is 18.6. The lowest BCUT2D eigenvalue weighted by Gasteiger charge is -2.03. The molecular formula is C23H18N2O5S2. The van der Waals surface area contributed by atoms with Gasteiger partial charge in [-0.2, -0.15) is 4.98 Å². The second-order valence-electron chi connectivity index (χ2n) is 7.01. The maximum Gasteiger partial charge on any atom is 0.269 e.